The minimum Gasteiger partial charge on any atom is -0.508 e. The lowest BCUT2D eigenvalue weighted by Gasteiger charge is -2.29. The maximum Gasteiger partial charge on any atom is 0.260 e. The summed E-state index contributed by atoms with van der Waals surface area (Å²) in [7, 11) is 0. The fraction of sp³-hybridized carbons (Fsp3) is 0.176. The number of halogens is 1. The van der Waals surface area contributed by atoms with E-state index in [1.165, 1.54) is 29.3 Å². The smallest absolute Gasteiger partial charge is 0.260 e. The van der Waals surface area contributed by atoms with Gasteiger partial charge in [0, 0.05) is 16.2 Å². The Kier molecular flexibility index (Phi) is 2.99. The molecule has 0 spiro atoms. The molecule has 1 amide bonds. The summed E-state index contributed by atoms with van der Waals surface area (Å²) in [4.78, 5) is 13.9. The van der Waals surface area contributed by atoms with Crippen molar-refractivity contribution in [2.75, 3.05) is 10.8 Å². The number of amides is 1. The van der Waals surface area contributed by atoms with Gasteiger partial charge >= 0.3 is 0 Å². The molecule has 6 heteroatoms. The number of hydrogen-bond donors (Lipinski definition) is 1. The maximum atomic E-state index is 13.1. The highest BCUT2D eigenvalue weighted by Gasteiger charge is 2.51. The predicted octanol–water partition coefficient (Wildman–Crippen LogP) is 3.39. The second-order valence-corrected chi connectivity index (χ2v) is 6.86. The second kappa shape index (κ2) is 4.83. The van der Waals surface area contributed by atoms with Gasteiger partial charge in [-0.1, -0.05) is 0 Å². The molecule has 2 aliphatic rings. The van der Waals surface area contributed by atoms with E-state index >= 15 is 0 Å². The van der Waals surface area contributed by atoms with Gasteiger partial charge in [-0.05, 0) is 49.4 Å². The molecule has 4 rings (SSSR count). The molecule has 0 saturated heterocycles. The third-order valence-corrected chi connectivity index (χ3v) is 5.58. The lowest BCUT2D eigenvalue weighted by Crippen LogP contribution is -2.41. The van der Waals surface area contributed by atoms with Crippen molar-refractivity contribution in [2.45, 2.75) is 11.8 Å². The van der Waals surface area contributed by atoms with Crippen LogP contribution in [0.1, 0.15) is 12.5 Å². The van der Waals surface area contributed by atoms with Crippen LogP contribution in [0.5, 0.6) is 5.75 Å². The molecule has 0 radical (unpaired) electrons. The number of anilines is 1. The summed E-state index contributed by atoms with van der Waals surface area (Å²) in [5.41, 5.74) is 1.21. The van der Waals surface area contributed by atoms with Crippen molar-refractivity contribution in [1.82, 2.24) is 0 Å². The third-order valence-electron chi connectivity index (χ3n) is 4.19. The number of hydrogen-bond acceptors (Lipinski definition) is 4. The van der Waals surface area contributed by atoms with Gasteiger partial charge in [0.25, 0.3) is 5.91 Å². The second-order valence-electron chi connectivity index (χ2n) is 5.84. The summed E-state index contributed by atoms with van der Waals surface area (Å²) in [6.07, 6.45) is 0. The summed E-state index contributed by atoms with van der Waals surface area (Å²) in [6, 6.07) is 10.8. The van der Waals surface area contributed by atoms with Crippen molar-refractivity contribution in [3.05, 3.63) is 53.8 Å². The molecule has 0 fully saturated rings. The Bertz CT molecular complexity index is 850. The Labute approximate surface area is 136 Å². The Morgan fingerprint density at radius 1 is 1.26 bits per heavy atom. The number of benzene rings is 2. The summed E-state index contributed by atoms with van der Waals surface area (Å²) in [5, 5.41) is 15.6. The molecule has 1 N–H and O–H groups in total. The van der Waals surface area contributed by atoms with Crippen molar-refractivity contribution in [2.24, 2.45) is 10.5 Å². The number of hydrazone groups is 1. The van der Waals surface area contributed by atoms with Crippen molar-refractivity contribution in [3.8, 4) is 5.75 Å². The molecule has 116 valence electrons. The van der Waals surface area contributed by atoms with E-state index in [4.69, 9.17) is 0 Å². The number of carbonyl (C=O) groups excluding carboxylic acids is 1. The number of nitrogens with zero attached hydrogens (tertiary/aromatic N) is 2. The quantitative estimate of drug-likeness (QED) is 0.873. The fourth-order valence-electron chi connectivity index (χ4n) is 2.88. The van der Waals surface area contributed by atoms with Gasteiger partial charge in [0.05, 0.1) is 11.4 Å². The molecule has 2 aliphatic heterocycles. The van der Waals surface area contributed by atoms with Crippen LogP contribution < -0.4 is 5.01 Å². The van der Waals surface area contributed by atoms with Crippen LogP contribution in [-0.2, 0) is 4.79 Å². The molecule has 2 heterocycles. The first-order valence-corrected chi connectivity index (χ1v) is 8.13. The highest BCUT2D eigenvalue weighted by atomic mass is 32.2. The van der Waals surface area contributed by atoms with E-state index in [2.05, 4.69) is 5.10 Å². The van der Waals surface area contributed by atoms with Crippen LogP contribution in [0.2, 0.25) is 0 Å². The molecule has 1 atom stereocenters. The van der Waals surface area contributed by atoms with Crippen LogP contribution in [-0.4, -0.2) is 22.5 Å². The number of aromatic hydroxyl groups is 1. The third kappa shape index (κ3) is 2.05. The van der Waals surface area contributed by atoms with E-state index in [0.29, 0.717) is 17.2 Å². The highest BCUT2D eigenvalue weighted by molar-refractivity contribution is 7.99. The molecule has 23 heavy (non-hydrogen) atoms. The molecule has 2 aromatic rings. The van der Waals surface area contributed by atoms with Gasteiger partial charge in [-0.3, -0.25) is 4.79 Å². The Balaban J connectivity index is 1.85. The molecule has 2 aromatic carbocycles. The Morgan fingerprint density at radius 2 is 2.00 bits per heavy atom. The summed E-state index contributed by atoms with van der Waals surface area (Å²) in [6.45, 7) is 1.86. The molecular weight excluding hydrogens is 315 g/mol. The van der Waals surface area contributed by atoms with Gasteiger partial charge in [-0.25, -0.2) is 4.39 Å². The van der Waals surface area contributed by atoms with E-state index in [1.807, 2.05) is 13.0 Å². The van der Waals surface area contributed by atoms with E-state index in [9.17, 15) is 14.3 Å². The minimum atomic E-state index is -0.750. The van der Waals surface area contributed by atoms with Gasteiger partial charge in [0.1, 0.15) is 17.0 Å². The first-order valence-electron chi connectivity index (χ1n) is 7.14. The van der Waals surface area contributed by atoms with Crippen LogP contribution in [0.15, 0.2) is 52.5 Å². The van der Waals surface area contributed by atoms with Crippen LogP contribution >= 0.6 is 11.8 Å². The summed E-state index contributed by atoms with van der Waals surface area (Å²) < 4.78 is 13.1. The van der Waals surface area contributed by atoms with E-state index in [0.717, 1.165) is 10.5 Å². The standard InChI is InChI=1S/C17H13FN2O2S/c1-17-9-23-14-7-6-12(21)8-13(14)15(17)19-20(16(17)22)11-4-2-10(18)3-5-11/h2-8,21H,9H2,1H3. The van der Waals surface area contributed by atoms with Gasteiger partial charge < -0.3 is 5.11 Å². The maximum absolute atomic E-state index is 13.1. The van der Waals surface area contributed by atoms with Gasteiger partial charge in [0.2, 0.25) is 0 Å². The van der Waals surface area contributed by atoms with Crippen molar-refractivity contribution < 1.29 is 14.3 Å². The van der Waals surface area contributed by atoms with Gasteiger partial charge in [0.15, 0.2) is 0 Å². The zero-order chi connectivity index (χ0) is 16.2. The number of thioether (sulfide) groups is 1. The number of fused-ring (bicyclic) bond motifs is 3. The van der Waals surface area contributed by atoms with E-state index in [-0.39, 0.29) is 17.5 Å². The van der Waals surface area contributed by atoms with Crippen molar-refractivity contribution in [3.63, 3.8) is 0 Å². The van der Waals surface area contributed by atoms with Gasteiger partial charge in [-0.2, -0.15) is 10.1 Å². The zero-order valence-electron chi connectivity index (χ0n) is 12.3. The normalized spacial score (nSPS) is 22.6. The van der Waals surface area contributed by atoms with Crippen LogP contribution in [0.25, 0.3) is 0 Å². The molecule has 0 aromatic heterocycles. The lowest BCUT2D eigenvalue weighted by molar-refractivity contribution is -0.122. The monoisotopic (exact) mass is 328 g/mol. The Hall–Kier alpha value is -2.34. The highest BCUT2D eigenvalue weighted by Crippen LogP contribution is 2.46. The minimum absolute atomic E-state index is 0.138. The summed E-state index contributed by atoms with van der Waals surface area (Å²) in [5.74, 6) is 0.229. The predicted molar refractivity (Wildman–Crippen MR) is 87.4 cm³/mol. The van der Waals surface area contributed by atoms with Crippen LogP contribution in [0.4, 0.5) is 10.1 Å². The number of rotatable bonds is 1. The largest absolute Gasteiger partial charge is 0.508 e. The van der Waals surface area contributed by atoms with Gasteiger partial charge in [-0.15, -0.1) is 11.8 Å². The first kappa shape index (κ1) is 14.3. The first-order chi connectivity index (χ1) is 11.0. The molecule has 4 nitrogen and oxygen atoms in total. The topological polar surface area (TPSA) is 52.9 Å². The molecule has 1 unspecified atom stereocenters. The van der Waals surface area contributed by atoms with Crippen molar-refractivity contribution in [1.29, 1.82) is 0 Å². The molecular formula is C17H13FN2O2S. The number of phenols is 1. The van der Waals surface area contributed by atoms with Crippen molar-refractivity contribution >= 4 is 29.1 Å². The fourth-order valence-corrected chi connectivity index (χ4v) is 4.06. The average Bonchev–Trinajstić information content (AvgIpc) is 2.81. The Morgan fingerprint density at radius 3 is 2.74 bits per heavy atom. The molecule has 0 aliphatic carbocycles. The van der Waals surface area contributed by atoms with Crippen LogP contribution in [0.3, 0.4) is 0 Å². The van der Waals surface area contributed by atoms with E-state index in [1.54, 1.807) is 23.9 Å². The average molecular weight is 328 g/mol. The zero-order valence-corrected chi connectivity index (χ0v) is 13.1. The number of carbonyl (C=O) groups is 1. The number of phenolic OH excluding ortho intramolecular Hbond substituents is 1. The van der Waals surface area contributed by atoms with Crippen LogP contribution in [0, 0.1) is 11.2 Å². The lowest BCUT2D eigenvalue weighted by atomic mass is 9.82. The molecule has 0 bridgehead atoms. The van der Waals surface area contributed by atoms with E-state index < -0.39 is 5.41 Å². The molecule has 0 saturated carbocycles. The summed E-state index contributed by atoms with van der Waals surface area (Å²) >= 11 is 1.58. The SMILES string of the molecule is CC12CSc3ccc(O)cc3C1=NN(c1ccc(F)cc1)C2=O.